The van der Waals surface area contributed by atoms with E-state index in [1.165, 1.54) is 0 Å². The van der Waals surface area contributed by atoms with Crippen molar-refractivity contribution >= 4 is 5.91 Å². The smallest absolute Gasteiger partial charge is 0.225 e. The summed E-state index contributed by atoms with van der Waals surface area (Å²) < 4.78 is 10.1. The zero-order chi connectivity index (χ0) is 12.6. The predicted octanol–water partition coefficient (Wildman–Crippen LogP) is 0.234. The highest BCUT2D eigenvalue weighted by molar-refractivity contribution is 5.77. The molecule has 0 aromatic carbocycles. The van der Waals surface area contributed by atoms with E-state index in [0.29, 0.717) is 26.1 Å². The van der Waals surface area contributed by atoms with Gasteiger partial charge in [0.05, 0.1) is 25.2 Å². The maximum atomic E-state index is 12.0. The fourth-order valence-corrected chi connectivity index (χ4v) is 1.64. The maximum Gasteiger partial charge on any atom is 0.225 e. The molecule has 96 valence electrons. The Morgan fingerprint density at radius 2 is 2.06 bits per heavy atom. The zero-order valence-electron chi connectivity index (χ0n) is 10.7. The van der Waals surface area contributed by atoms with Crippen LogP contribution in [0.15, 0.2) is 0 Å². The number of nitrogens with zero attached hydrogens (tertiary/aromatic N) is 1. The number of likely N-dealkylation sites (N-methyl/N-ethyl adjacent to an activating group) is 1. The van der Waals surface area contributed by atoms with E-state index in [0.717, 1.165) is 0 Å². The van der Waals surface area contributed by atoms with Crippen LogP contribution in [-0.4, -0.2) is 56.9 Å². The molecule has 1 amide bonds. The Hall–Kier alpha value is -0.650. The van der Waals surface area contributed by atoms with Crippen molar-refractivity contribution in [3.63, 3.8) is 0 Å². The topological polar surface area (TPSA) is 64.8 Å². The highest BCUT2D eigenvalue weighted by atomic mass is 16.5. The van der Waals surface area contributed by atoms with Gasteiger partial charge in [0.15, 0.2) is 0 Å². The Kier molecular flexibility index (Phi) is 8.15. The van der Waals surface area contributed by atoms with E-state index in [2.05, 4.69) is 0 Å². The molecule has 0 aliphatic heterocycles. The Labute approximate surface area is 97.9 Å². The number of hydrogen-bond acceptors (Lipinski definition) is 4. The number of nitrogens with two attached hydrogens (primary N) is 1. The molecule has 2 atom stereocenters. The maximum absolute atomic E-state index is 12.0. The Balaban J connectivity index is 4.29. The van der Waals surface area contributed by atoms with Crippen LogP contribution in [0.3, 0.4) is 0 Å². The molecule has 0 bridgehead atoms. The van der Waals surface area contributed by atoms with E-state index in [4.69, 9.17) is 15.2 Å². The number of amides is 1. The third kappa shape index (κ3) is 4.92. The van der Waals surface area contributed by atoms with Gasteiger partial charge >= 0.3 is 0 Å². The van der Waals surface area contributed by atoms with Crippen LogP contribution in [0.25, 0.3) is 0 Å². The van der Waals surface area contributed by atoms with Crippen LogP contribution in [-0.2, 0) is 14.3 Å². The Morgan fingerprint density at radius 3 is 2.44 bits per heavy atom. The summed E-state index contributed by atoms with van der Waals surface area (Å²) >= 11 is 0. The third-order valence-electron chi connectivity index (χ3n) is 2.60. The summed E-state index contributed by atoms with van der Waals surface area (Å²) in [5, 5.41) is 0. The highest BCUT2D eigenvalue weighted by Gasteiger charge is 2.21. The van der Waals surface area contributed by atoms with E-state index in [9.17, 15) is 4.79 Å². The van der Waals surface area contributed by atoms with Crippen molar-refractivity contribution in [3.05, 3.63) is 0 Å². The summed E-state index contributed by atoms with van der Waals surface area (Å²) in [7, 11) is 3.20. The number of carbonyl (C=O) groups excluding carboxylic acids is 1. The first-order chi connectivity index (χ1) is 7.60. The van der Waals surface area contributed by atoms with Crippen LogP contribution >= 0.6 is 0 Å². The van der Waals surface area contributed by atoms with Gasteiger partial charge in [0.2, 0.25) is 5.91 Å². The number of carbonyl (C=O) groups is 1. The molecule has 0 heterocycles. The number of rotatable bonds is 8. The average molecular weight is 232 g/mol. The molecular formula is C11H24N2O3. The molecule has 0 radical (unpaired) electrons. The van der Waals surface area contributed by atoms with Gasteiger partial charge in [-0.1, -0.05) is 0 Å². The van der Waals surface area contributed by atoms with Gasteiger partial charge in [-0.3, -0.25) is 4.79 Å². The Bertz CT molecular complexity index is 196. The standard InChI is InChI=1S/C11H24N2O3/c1-5-13(9(2)8-15-3)11(14)6-10(7-12)16-4/h9-10H,5-8,12H2,1-4H3. The van der Waals surface area contributed by atoms with Gasteiger partial charge in [-0.05, 0) is 13.8 Å². The summed E-state index contributed by atoms with van der Waals surface area (Å²) in [5.74, 6) is 0.0596. The lowest BCUT2D eigenvalue weighted by atomic mass is 10.2. The van der Waals surface area contributed by atoms with Crippen LogP contribution in [0.4, 0.5) is 0 Å². The molecule has 0 saturated carbocycles. The largest absolute Gasteiger partial charge is 0.383 e. The van der Waals surface area contributed by atoms with Gasteiger partial charge in [0.1, 0.15) is 0 Å². The minimum Gasteiger partial charge on any atom is -0.383 e. The van der Waals surface area contributed by atoms with Crippen LogP contribution in [0, 0.1) is 0 Å². The lowest BCUT2D eigenvalue weighted by Gasteiger charge is -2.28. The molecule has 5 heteroatoms. The molecule has 0 spiro atoms. The third-order valence-corrected chi connectivity index (χ3v) is 2.60. The molecule has 5 nitrogen and oxygen atoms in total. The zero-order valence-corrected chi connectivity index (χ0v) is 10.7. The molecule has 2 N–H and O–H groups in total. The highest BCUT2D eigenvalue weighted by Crippen LogP contribution is 2.06. The first-order valence-corrected chi connectivity index (χ1v) is 5.61. The summed E-state index contributed by atoms with van der Waals surface area (Å²) in [4.78, 5) is 13.7. The summed E-state index contributed by atoms with van der Waals surface area (Å²) in [6.07, 6.45) is 0.130. The predicted molar refractivity (Wildman–Crippen MR) is 63.2 cm³/mol. The molecule has 0 aliphatic rings. The van der Waals surface area contributed by atoms with Crippen LogP contribution in [0.2, 0.25) is 0 Å². The van der Waals surface area contributed by atoms with Gasteiger partial charge in [-0.15, -0.1) is 0 Å². The normalized spacial score (nSPS) is 14.6. The minimum atomic E-state index is -0.198. The molecule has 2 unspecified atom stereocenters. The van der Waals surface area contributed by atoms with E-state index in [-0.39, 0.29) is 18.1 Å². The van der Waals surface area contributed by atoms with Gasteiger partial charge in [-0.2, -0.15) is 0 Å². The fraction of sp³-hybridized carbons (Fsp3) is 0.909. The van der Waals surface area contributed by atoms with Crippen LogP contribution < -0.4 is 5.73 Å². The summed E-state index contributed by atoms with van der Waals surface area (Å²) in [5.41, 5.74) is 5.49. The van der Waals surface area contributed by atoms with Gasteiger partial charge in [-0.25, -0.2) is 0 Å². The van der Waals surface area contributed by atoms with Gasteiger partial charge in [0.25, 0.3) is 0 Å². The van der Waals surface area contributed by atoms with Crippen molar-refractivity contribution in [2.45, 2.75) is 32.4 Å². The molecule has 0 aromatic rings. The second kappa shape index (κ2) is 8.50. The molecule has 0 aromatic heterocycles. The lowest BCUT2D eigenvalue weighted by Crippen LogP contribution is -2.43. The van der Waals surface area contributed by atoms with Crippen molar-refractivity contribution in [2.75, 3.05) is 33.9 Å². The van der Waals surface area contributed by atoms with E-state index >= 15 is 0 Å². The number of ether oxygens (including phenoxy) is 2. The van der Waals surface area contributed by atoms with Crippen molar-refractivity contribution in [3.8, 4) is 0 Å². The fourth-order valence-electron chi connectivity index (χ4n) is 1.64. The molecule has 0 fully saturated rings. The van der Waals surface area contributed by atoms with Crippen molar-refractivity contribution in [1.29, 1.82) is 0 Å². The molecule has 0 aliphatic carbocycles. The van der Waals surface area contributed by atoms with E-state index < -0.39 is 0 Å². The van der Waals surface area contributed by atoms with Gasteiger partial charge < -0.3 is 20.1 Å². The Morgan fingerprint density at radius 1 is 1.44 bits per heavy atom. The molecular weight excluding hydrogens is 208 g/mol. The van der Waals surface area contributed by atoms with Crippen molar-refractivity contribution < 1.29 is 14.3 Å². The monoisotopic (exact) mass is 232 g/mol. The second-order valence-electron chi connectivity index (χ2n) is 3.78. The average Bonchev–Trinajstić information content (AvgIpc) is 2.27. The van der Waals surface area contributed by atoms with Crippen LogP contribution in [0.1, 0.15) is 20.3 Å². The van der Waals surface area contributed by atoms with Crippen LogP contribution in [0.5, 0.6) is 0 Å². The number of hydrogen-bond donors (Lipinski definition) is 1. The molecule has 0 saturated heterocycles. The molecule has 0 rings (SSSR count). The second-order valence-corrected chi connectivity index (χ2v) is 3.78. The van der Waals surface area contributed by atoms with E-state index in [1.807, 2.05) is 13.8 Å². The van der Waals surface area contributed by atoms with Crippen molar-refractivity contribution in [1.82, 2.24) is 4.90 Å². The quantitative estimate of drug-likeness (QED) is 0.651. The van der Waals surface area contributed by atoms with E-state index in [1.54, 1.807) is 19.1 Å². The minimum absolute atomic E-state index is 0.0596. The van der Waals surface area contributed by atoms with Crippen molar-refractivity contribution in [2.24, 2.45) is 5.73 Å². The number of methoxy groups -OCH3 is 2. The summed E-state index contributed by atoms with van der Waals surface area (Å²) in [6.45, 7) is 5.49. The lowest BCUT2D eigenvalue weighted by molar-refractivity contribution is -0.136. The SMILES string of the molecule is CCN(C(=O)CC(CN)OC)C(C)COC. The first-order valence-electron chi connectivity index (χ1n) is 5.61. The summed E-state index contributed by atoms with van der Waals surface area (Å²) in [6, 6.07) is 0.0813. The first kappa shape index (κ1) is 15.3. The van der Waals surface area contributed by atoms with Gasteiger partial charge in [0, 0.05) is 27.3 Å². The molecule has 16 heavy (non-hydrogen) atoms.